The molecule has 6 heteroatoms. The first-order valence-corrected chi connectivity index (χ1v) is 7.71. The van der Waals surface area contributed by atoms with E-state index in [2.05, 4.69) is 31.5 Å². The van der Waals surface area contributed by atoms with Crippen molar-refractivity contribution >= 4 is 33.3 Å². The first-order chi connectivity index (χ1) is 9.72. The van der Waals surface area contributed by atoms with Gasteiger partial charge in [0.05, 0.1) is 24.6 Å². The predicted molar refractivity (Wildman–Crippen MR) is 82.4 cm³/mol. The van der Waals surface area contributed by atoms with E-state index in [4.69, 9.17) is 4.74 Å². The fourth-order valence-corrected chi connectivity index (χ4v) is 2.62. The van der Waals surface area contributed by atoms with Crippen LogP contribution in [0.1, 0.15) is 12.8 Å². The molecule has 0 bridgehead atoms. The minimum absolute atomic E-state index is 0.125. The van der Waals surface area contributed by atoms with Gasteiger partial charge in [-0.15, -0.1) is 0 Å². The molecule has 2 amide bonds. The molecule has 108 valence electrons. The van der Waals surface area contributed by atoms with Crippen LogP contribution in [0, 0.1) is 0 Å². The summed E-state index contributed by atoms with van der Waals surface area (Å²) < 4.78 is 6.33. The van der Waals surface area contributed by atoms with E-state index in [1.165, 1.54) is 0 Å². The van der Waals surface area contributed by atoms with Gasteiger partial charge in [0.1, 0.15) is 0 Å². The summed E-state index contributed by atoms with van der Waals surface area (Å²) in [6.45, 7) is 3.15. The van der Waals surface area contributed by atoms with E-state index in [9.17, 15) is 4.79 Å². The number of carbonyl (C=O) groups is 1. The number of morpholine rings is 1. The van der Waals surface area contributed by atoms with Gasteiger partial charge in [-0.3, -0.25) is 0 Å². The van der Waals surface area contributed by atoms with Gasteiger partial charge < -0.3 is 20.3 Å². The summed E-state index contributed by atoms with van der Waals surface area (Å²) in [5.74, 6) is 0. The Hall–Kier alpha value is -1.27. The number of nitrogens with zero attached hydrogens (tertiary/aromatic N) is 1. The number of anilines is 2. The maximum atomic E-state index is 11.9. The number of hydrogen-bond donors (Lipinski definition) is 2. The van der Waals surface area contributed by atoms with E-state index in [1.807, 2.05) is 18.2 Å². The van der Waals surface area contributed by atoms with Gasteiger partial charge in [0.2, 0.25) is 0 Å². The van der Waals surface area contributed by atoms with E-state index >= 15 is 0 Å². The number of nitrogens with one attached hydrogen (secondary N) is 2. The zero-order chi connectivity index (χ0) is 13.9. The van der Waals surface area contributed by atoms with Crippen LogP contribution in [0.2, 0.25) is 0 Å². The van der Waals surface area contributed by atoms with Crippen molar-refractivity contribution in [3.8, 4) is 0 Å². The zero-order valence-electron chi connectivity index (χ0n) is 11.2. The molecule has 2 aliphatic rings. The number of rotatable bonds is 3. The summed E-state index contributed by atoms with van der Waals surface area (Å²) in [6.07, 6.45) is 2.17. The Balaban J connectivity index is 1.75. The van der Waals surface area contributed by atoms with Crippen molar-refractivity contribution in [2.24, 2.45) is 0 Å². The maximum absolute atomic E-state index is 11.9. The van der Waals surface area contributed by atoms with Crippen LogP contribution in [0.15, 0.2) is 22.7 Å². The summed E-state index contributed by atoms with van der Waals surface area (Å²) in [5, 5.41) is 5.90. The molecule has 5 nitrogen and oxygen atoms in total. The van der Waals surface area contributed by atoms with E-state index in [0.717, 1.165) is 55.0 Å². The van der Waals surface area contributed by atoms with Gasteiger partial charge in [0.25, 0.3) is 0 Å². The normalized spacial score (nSPS) is 18.8. The van der Waals surface area contributed by atoms with Crippen molar-refractivity contribution in [3.63, 3.8) is 0 Å². The van der Waals surface area contributed by atoms with Crippen molar-refractivity contribution in [2.45, 2.75) is 18.9 Å². The minimum atomic E-state index is -0.125. The lowest BCUT2D eigenvalue weighted by Gasteiger charge is -2.30. The van der Waals surface area contributed by atoms with Crippen LogP contribution in [0.25, 0.3) is 0 Å². The van der Waals surface area contributed by atoms with Gasteiger partial charge in [0, 0.05) is 23.6 Å². The number of ether oxygens (including phenoxy) is 1. The maximum Gasteiger partial charge on any atom is 0.319 e. The lowest BCUT2D eigenvalue weighted by atomic mass is 10.2. The molecule has 1 aromatic carbocycles. The van der Waals surface area contributed by atoms with Crippen LogP contribution < -0.4 is 15.5 Å². The number of amides is 2. The minimum Gasteiger partial charge on any atom is -0.378 e. The molecule has 2 N–H and O–H groups in total. The molecule has 0 aromatic heterocycles. The first-order valence-electron chi connectivity index (χ1n) is 6.92. The third-order valence-corrected chi connectivity index (χ3v) is 3.96. The molecule has 0 atom stereocenters. The summed E-state index contributed by atoms with van der Waals surface area (Å²) in [5.41, 5.74) is 1.88. The van der Waals surface area contributed by atoms with E-state index in [-0.39, 0.29) is 6.03 Å². The number of urea groups is 1. The van der Waals surface area contributed by atoms with Crippen molar-refractivity contribution in [3.05, 3.63) is 22.7 Å². The Kier molecular flexibility index (Phi) is 4.12. The van der Waals surface area contributed by atoms with E-state index in [0.29, 0.717) is 6.04 Å². The highest BCUT2D eigenvalue weighted by Gasteiger charge is 2.24. The second-order valence-corrected chi connectivity index (χ2v) is 6.05. The standard InChI is InChI=1S/C14H18BrN3O2/c15-10-1-4-13(18-5-7-20-8-6-18)12(9-10)17-14(19)16-11-2-3-11/h1,4,9,11H,2-3,5-8H2,(H2,16,17,19). The Morgan fingerprint density at radius 2 is 2.05 bits per heavy atom. The smallest absolute Gasteiger partial charge is 0.319 e. The Morgan fingerprint density at radius 1 is 1.30 bits per heavy atom. The van der Waals surface area contributed by atoms with Crippen LogP contribution in [-0.2, 0) is 4.74 Å². The molecule has 1 saturated carbocycles. The van der Waals surface area contributed by atoms with Gasteiger partial charge in [-0.1, -0.05) is 15.9 Å². The summed E-state index contributed by atoms with van der Waals surface area (Å²) in [6, 6.07) is 6.20. The second-order valence-electron chi connectivity index (χ2n) is 5.13. The first kappa shape index (κ1) is 13.7. The molecule has 2 fully saturated rings. The molecule has 0 unspecified atom stereocenters. The third-order valence-electron chi connectivity index (χ3n) is 3.47. The molecule has 0 spiro atoms. The van der Waals surface area contributed by atoms with Gasteiger partial charge in [-0.05, 0) is 31.0 Å². The highest BCUT2D eigenvalue weighted by atomic mass is 79.9. The number of halogens is 1. The lowest BCUT2D eigenvalue weighted by molar-refractivity contribution is 0.123. The summed E-state index contributed by atoms with van der Waals surface area (Å²) >= 11 is 3.46. The fraction of sp³-hybridized carbons (Fsp3) is 0.500. The second kappa shape index (κ2) is 6.01. The van der Waals surface area contributed by atoms with Crippen LogP contribution in [0.5, 0.6) is 0 Å². The number of benzene rings is 1. The molecular formula is C14H18BrN3O2. The van der Waals surface area contributed by atoms with Crippen LogP contribution in [0.3, 0.4) is 0 Å². The van der Waals surface area contributed by atoms with Crippen LogP contribution in [0.4, 0.5) is 16.2 Å². The van der Waals surface area contributed by atoms with Gasteiger partial charge in [-0.2, -0.15) is 0 Å². The van der Waals surface area contributed by atoms with Crippen LogP contribution in [-0.4, -0.2) is 38.4 Å². The van der Waals surface area contributed by atoms with E-state index in [1.54, 1.807) is 0 Å². The van der Waals surface area contributed by atoms with Crippen molar-refractivity contribution < 1.29 is 9.53 Å². The lowest BCUT2D eigenvalue weighted by Crippen LogP contribution is -2.37. The number of hydrogen-bond acceptors (Lipinski definition) is 3. The van der Waals surface area contributed by atoms with Gasteiger partial charge in [-0.25, -0.2) is 4.79 Å². The summed E-state index contributed by atoms with van der Waals surface area (Å²) in [7, 11) is 0. The van der Waals surface area contributed by atoms with Crippen molar-refractivity contribution in [1.82, 2.24) is 5.32 Å². The molecule has 1 saturated heterocycles. The largest absolute Gasteiger partial charge is 0.378 e. The quantitative estimate of drug-likeness (QED) is 0.889. The van der Waals surface area contributed by atoms with Crippen molar-refractivity contribution in [1.29, 1.82) is 0 Å². The molecule has 1 aromatic rings. The molecule has 1 aliphatic carbocycles. The molecule has 1 heterocycles. The SMILES string of the molecule is O=C(Nc1cc(Br)ccc1N1CCOCC1)NC1CC1. The van der Waals surface area contributed by atoms with Crippen molar-refractivity contribution in [2.75, 3.05) is 36.5 Å². The molecule has 3 rings (SSSR count). The highest BCUT2D eigenvalue weighted by Crippen LogP contribution is 2.30. The topological polar surface area (TPSA) is 53.6 Å². The zero-order valence-corrected chi connectivity index (χ0v) is 12.8. The Labute approximate surface area is 126 Å². The fourth-order valence-electron chi connectivity index (χ4n) is 2.26. The van der Waals surface area contributed by atoms with Crippen LogP contribution >= 0.6 is 15.9 Å². The number of carbonyl (C=O) groups excluding carboxylic acids is 1. The average molecular weight is 340 g/mol. The highest BCUT2D eigenvalue weighted by molar-refractivity contribution is 9.10. The van der Waals surface area contributed by atoms with E-state index < -0.39 is 0 Å². The predicted octanol–water partition coefficient (Wildman–Crippen LogP) is 2.57. The van der Waals surface area contributed by atoms with Gasteiger partial charge >= 0.3 is 6.03 Å². The molecular weight excluding hydrogens is 322 g/mol. The molecule has 1 aliphatic heterocycles. The monoisotopic (exact) mass is 339 g/mol. The summed E-state index contributed by atoms with van der Waals surface area (Å²) in [4.78, 5) is 14.2. The Morgan fingerprint density at radius 3 is 2.75 bits per heavy atom. The average Bonchev–Trinajstić information content (AvgIpc) is 3.23. The molecule has 0 radical (unpaired) electrons. The Bertz CT molecular complexity index is 499. The van der Waals surface area contributed by atoms with Gasteiger partial charge in [0.15, 0.2) is 0 Å². The molecule has 20 heavy (non-hydrogen) atoms. The third kappa shape index (κ3) is 3.43.